The fraction of sp³-hybridized carbons (Fsp3) is 0.429. The van der Waals surface area contributed by atoms with Crippen LogP contribution in [0.1, 0.15) is 32.8 Å². The maximum absolute atomic E-state index is 11.7. The van der Waals surface area contributed by atoms with Crippen molar-refractivity contribution in [1.29, 1.82) is 0 Å². The number of aryl methyl sites for hydroxylation is 1. The van der Waals surface area contributed by atoms with Crippen molar-refractivity contribution in [2.45, 2.75) is 38.5 Å². The number of benzene rings is 1. The van der Waals surface area contributed by atoms with E-state index < -0.39 is 15.9 Å². The number of hydrogen-bond acceptors (Lipinski definition) is 4. The topological polar surface area (TPSA) is 80.3 Å². The van der Waals surface area contributed by atoms with Gasteiger partial charge in [-0.3, -0.25) is 9.59 Å². The molecular weight excluding hydrogens is 278 g/mol. The van der Waals surface area contributed by atoms with Crippen LogP contribution in [-0.2, 0) is 26.0 Å². The van der Waals surface area contributed by atoms with Crippen molar-refractivity contribution in [1.82, 2.24) is 4.72 Å². The summed E-state index contributed by atoms with van der Waals surface area (Å²) >= 11 is 0. The molecule has 1 N–H and O–H groups in total. The molecule has 0 saturated heterocycles. The average Bonchev–Trinajstić information content (AvgIpc) is 2.34. The molecule has 0 aliphatic carbocycles. The summed E-state index contributed by atoms with van der Waals surface area (Å²) in [5.41, 5.74) is 0.890. The molecule has 1 rings (SSSR count). The Hall–Kier alpha value is -1.69. The largest absolute Gasteiger partial charge is 0.299 e. The van der Waals surface area contributed by atoms with E-state index in [4.69, 9.17) is 0 Å². The first-order chi connectivity index (χ1) is 9.22. The lowest BCUT2D eigenvalue weighted by atomic mass is 10.0. The molecule has 0 aliphatic heterocycles. The highest BCUT2D eigenvalue weighted by Gasteiger charge is 2.15. The van der Waals surface area contributed by atoms with Crippen LogP contribution in [0.5, 0.6) is 0 Å². The van der Waals surface area contributed by atoms with E-state index >= 15 is 0 Å². The zero-order valence-electron chi connectivity index (χ0n) is 11.8. The molecule has 0 heterocycles. The second-order valence-electron chi connectivity index (χ2n) is 4.93. The monoisotopic (exact) mass is 297 g/mol. The maximum atomic E-state index is 11.7. The molecular formula is C14H19NO4S. The standard InChI is InChI=1S/C14H19NO4S/c1-10(2)14(17)9-6-12-4-7-13(8-5-12)20(18,19)15-11(3)16/h4-5,7-8,10H,6,9H2,1-3H3,(H,15,16). The van der Waals surface area contributed by atoms with E-state index in [1.807, 2.05) is 18.6 Å². The van der Waals surface area contributed by atoms with Crippen LogP contribution < -0.4 is 4.72 Å². The number of rotatable bonds is 6. The third kappa shape index (κ3) is 4.77. The molecule has 1 amide bonds. The highest BCUT2D eigenvalue weighted by atomic mass is 32.2. The number of sulfonamides is 1. The molecule has 0 spiro atoms. The van der Waals surface area contributed by atoms with Crippen molar-refractivity contribution >= 4 is 21.7 Å². The van der Waals surface area contributed by atoms with Gasteiger partial charge >= 0.3 is 0 Å². The number of nitrogens with one attached hydrogen (secondary N) is 1. The molecule has 0 fully saturated rings. The van der Waals surface area contributed by atoms with Crippen LogP contribution in [0.2, 0.25) is 0 Å². The third-order valence-corrected chi connectivity index (χ3v) is 4.26. The predicted molar refractivity (Wildman–Crippen MR) is 75.6 cm³/mol. The van der Waals surface area contributed by atoms with Gasteiger partial charge in [0, 0.05) is 19.3 Å². The van der Waals surface area contributed by atoms with Crippen LogP contribution in [0.4, 0.5) is 0 Å². The number of carbonyl (C=O) groups is 2. The van der Waals surface area contributed by atoms with Crippen molar-refractivity contribution in [3.05, 3.63) is 29.8 Å². The lowest BCUT2D eigenvalue weighted by Crippen LogP contribution is -2.28. The number of carbonyl (C=O) groups excluding carboxylic acids is 2. The number of Topliss-reactive ketones (excluding diaryl/α,β-unsaturated/α-hetero) is 1. The summed E-state index contributed by atoms with van der Waals surface area (Å²) in [5, 5.41) is 0. The lowest BCUT2D eigenvalue weighted by Gasteiger charge is -2.07. The Morgan fingerprint density at radius 2 is 1.70 bits per heavy atom. The van der Waals surface area contributed by atoms with Gasteiger partial charge in [0.15, 0.2) is 0 Å². The van der Waals surface area contributed by atoms with E-state index in [2.05, 4.69) is 0 Å². The van der Waals surface area contributed by atoms with E-state index in [-0.39, 0.29) is 16.6 Å². The summed E-state index contributed by atoms with van der Waals surface area (Å²) in [6, 6.07) is 6.17. The van der Waals surface area contributed by atoms with Crippen LogP contribution >= 0.6 is 0 Å². The van der Waals surface area contributed by atoms with E-state index in [1.165, 1.54) is 12.1 Å². The second-order valence-corrected chi connectivity index (χ2v) is 6.61. The van der Waals surface area contributed by atoms with Gasteiger partial charge in [0.25, 0.3) is 10.0 Å². The van der Waals surface area contributed by atoms with Gasteiger partial charge in [-0.25, -0.2) is 13.1 Å². The summed E-state index contributed by atoms with van der Waals surface area (Å²) in [6.45, 7) is 4.85. The second kappa shape index (κ2) is 6.65. The predicted octanol–water partition coefficient (Wildman–Crippen LogP) is 1.67. The molecule has 0 unspecified atom stereocenters. The molecule has 0 bridgehead atoms. The molecule has 0 saturated carbocycles. The van der Waals surface area contributed by atoms with Gasteiger partial charge in [-0.15, -0.1) is 0 Å². The van der Waals surface area contributed by atoms with Gasteiger partial charge in [0.1, 0.15) is 5.78 Å². The van der Waals surface area contributed by atoms with Gasteiger partial charge in [0.05, 0.1) is 4.90 Å². The van der Waals surface area contributed by atoms with Crippen LogP contribution in [-0.4, -0.2) is 20.1 Å². The molecule has 0 radical (unpaired) electrons. The Balaban J connectivity index is 2.74. The molecule has 0 atom stereocenters. The van der Waals surface area contributed by atoms with Crippen LogP contribution in [0.3, 0.4) is 0 Å². The van der Waals surface area contributed by atoms with Gasteiger partial charge in [-0.05, 0) is 24.1 Å². The van der Waals surface area contributed by atoms with Crippen LogP contribution in [0.25, 0.3) is 0 Å². The Kier molecular flexibility index (Phi) is 5.44. The molecule has 0 aromatic heterocycles. The number of amides is 1. The highest BCUT2D eigenvalue weighted by Crippen LogP contribution is 2.13. The molecule has 1 aromatic carbocycles. The Bertz CT molecular complexity index is 588. The third-order valence-electron chi connectivity index (χ3n) is 2.82. The molecule has 110 valence electrons. The maximum Gasteiger partial charge on any atom is 0.264 e. The summed E-state index contributed by atoms with van der Waals surface area (Å²) in [5.74, 6) is -0.439. The van der Waals surface area contributed by atoms with Crippen molar-refractivity contribution < 1.29 is 18.0 Å². The minimum absolute atomic E-state index is 0.00872. The van der Waals surface area contributed by atoms with Crippen LogP contribution in [0, 0.1) is 5.92 Å². The fourth-order valence-corrected chi connectivity index (χ4v) is 2.63. The zero-order valence-corrected chi connectivity index (χ0v) is 12.7. The fourth-order valence-electron chi connectivity index (χ4n) is 1.64. The lowest BCUT2D eigenvalue weighted by molar-refractivity contribution is -0.122. The molecule has 0 aliphatic rings. The van der Waals surface area contributed by atoms with E-state index in [9.17, 15) is 18.0 Å². The Morgan fingerprint density at radius 3 is 2.15 bits per heavy atom. The normalized spacial score (nSPS) is 11.4. The molecule has 5 nitrogen and oxygen atoms in total. The quantitative estimate of drug-likeness (QED) is 0.866. The van der Waals surface area contributed by atoms with Gasteiger partial charge in [-0.2, -0.15) is 0 Å². The van der Waals surface area contributed by atoms with Crippen molar-refractivity contribution in [3.8, 4) is 0 Å². The van der Waals surface area contributed by atoms with Crippen molar-refractivity contribution in [2.24, 2.45) is 5.92 Å². The van der Waals surface area contributed by atoms with Crippen LogP contribution in [0.15, 0.2) is 29.2 Å². The average molecular weight is 297 g/mol. The minimum atomic E-state index is -3.79. The summed E-state index contributed by atoms with van der Waals surface area (Å²) in [4.78, 5) is 22.4. The number of ketones is 1. The Morgan fingerprint density at radius 1 is 1.15 bits per heavy atom. The molecule has 1 aromatic rings. The minimum Gasteiger partial charge on any atom is -0.299 e. The Labute approximate surface area is 119 Å². The SMILES string of the molecule is CC(=O)NS(=O)(=O)c1ccc(CCC(=O)C(C)C)cc1. The van der Waals surface area contributed by atoms with Crippen molar-refractivity contribution in [3.63, 3.8) is 0 Å². The first-order valence-corrected chi connectivity index (χ1v) is 7.85. The first kappa shape index (κ1) is 16.4. The van der Waals surface area contributed by atoms with Gasteiger partial charge < -0.3 is 0 Å². The summed E-state index contributed by atoms with van der Waals surface area (Å²) < 4.78 is 25.3. The van der Waals surface area contributed by atoms with E-state index in [1.54, 1.807) is 12.1 Å². The first-order valence-electron chi connectivity index (χ1n) is 6.37. The summed E-state index contributed by atoms with van der Waals surface area (Å²) in [7, 11) is -3.79. The number of hydrogen-bond donors (Lipinski definition) is 1. The highest BCUT2D eigenvalue weighted by molar-refractivity contribution is 7.90. The van der Waals surface area contributed by atoms with Crippen molar-refractivity contribution in [2.75, 3.05) is 0 Å². The molecule has 20 heavy (non-hydrogen) atoms. The van der Waals surface area contributed by atoms with E-state index in [0.29, 0.717) is 12.8 Å². The van der Waals surface area contributed by atoms with Gasteiger partial charge in [0.2, 0.25) is 5.91 Å². The van der Waals surface area contributed by atoms with Gasteiger partial charge in [-0.1, -0.05) is 26.0 Å². The summed E-state index contributed by atoms with van der Waals surface area (Å²) in [6.07, 6.45) is 1.02. The molecule has 6 heteroatoms. The smallest absolute Gasteiger partial charge is 0.264 e. The zero-order chi connectivity index (χ0) is 15.3. The van der Waals surface area contributed by atoms with E-state index in [0.717, 1.165) is 12.5 Å².